The fourth-order valence-electron chi connectivity index (χ4n) is 1.95. The Bertz CT molecular complexity index is 831. The Morgan fingerprint density at radius 3 is 2.68 bits per heavy atom. The molecular formula is C17H14F3N3OS. The van der Waals surface area contributed by atoms with E-state index in [-0.39, 0.29) is 5.69 Å². The van der Waals surface area contributed by atoms with Crippen LogP contribution >= 0.6 is 11.8 Å². The number of aryl methyl sites for hydroxylation is 1. The zero-order chi connectivity index (χ0) is 18.6. The lowest BCUT2D eigenvalue weighted by molar-refractivity contribution is -0.137. The average Bonchev–Trinajstić information content (AvgIpc) is 2.54. The van der Waals surface area contributed by atoms with Gasteiger partial charge in [-0.1, -0.05) is 17.8 Å². The van der Waals surface area contributed by atoms with Gasteiger partial charge in [0.15, 0.2) is 0 Å². The Balaban J connectivity index is 2.12. The number of nitrogens with one attached hydrogen (secondary N) is 1. The SMILES string of the molecule is Cc1ccc(C#N)c(SC(C)C(=O)Nc2cccc(C(F)(F)F)c2)n1. The number of alkyl halides is 3. The van der Waals surface area contributed by atoms with E-state index in [2.05, 4.69) is 10.3 Å². The number of hydrogen-bond acceptors (Lipinski definition) is 4. The minimum Gasteiger partial charge on any atom is -0.325 e. The summed E-state index contributed by atoms with van der Waals surface area (Å²) in [7, 11) is 0. The summed E-state index contributed by atoms with van der Waals surface area (Å²) in [5, 5.41) is 11.3. The molecule has 0 saturated carbocycles. The normalized spacial score (nSPS) is 12.3. The number of nitrogens with zero attached hydrogens (tertiary/aromatic N) is 2. The summed E-state index contributed by atoms with van der Waals surface area (Å²) in [5.41, 5.74) is 0.268. The molecule has 1 aromatic carbocycles. The van der Waals surface area contributed by atoms with Gasteiger partial charge in [0.05, 0.1) is 16.4 Å². The molecular weight excluding hydrogens is 351 g/mol. The highest BCUT2D eigenvalue weighted by atomic mass is 32.2. The second kappa shape index (κ2) is 7.57. The van der Waals surface area contributed by atoms with Crippen LogP contribution in [0.3, 0.4) is 0 Å². The molecule has 2 rings (SSSR count). The van der Waals surface area contributed by atoms with Crippen molar-refractivity contribution in [2.24, 2.45) is 0 Å². The van der Waals surface area contributed by atoms with Gasteiger partial charge in [-0.05, 0) is 44.2 Å². The van der Waals surface area contributed by atoms with Crippen molar-refractivity contribution in [2.45, 2.75) is 30.3 Å². The van der Waals surface area contributed by atoms with Gasteiger partial charge in [-0.3, -0.25) is 4.79 Å². The van der Waals surface area contributed by atoms with Crippen molar-refractivity contribution in [3.8, 4) is 6.07 Å². The van der Waals surface area contributed by atoms with Gasteiger partial charge in [-0.2, -0.15) is 18.4 Å². The number of carbonyl (C=O) groups is 1. The van der Waals surface area contributed by atoms with Crippen LogP contribution in [0.25, 0.3) is 0 Å². The van der Waals surface area contributed by atoms with E-state index in [4.69, 9.17) is 5.26 Å². The molecule has 1 N–H and O–H groups in total. The molecule has 0 saturated heterocycles. The van der Waals surface area contributed by atoms with Crippen LogP contribution in [0.2, 0.25) is 0 Å². The number of thioether (sulfide) groups is 1. The quantitative estimate of drug-likeness (QED) is 0.816. The molecule has 2 aromatic rings. The third-order valence-corrected chi connectivity index (χ3v) is 4.34. The van der Waals surface area contributed by atoms with Gasteiger partial charge in [0.2, 0.25) is 5.91 Å². The van der Waals surface area contributed by atoms with Crippen LogP contribution in [-0.2, 0) is 11.0 Å². The van der Waals surface area contributed by atoms with Crippen LogP contribution in [0, 0.1) is 18.3 Å². The molecule has 0 spiro atoms. The minimum absolute atomic E-state index is 0.0602. The fourth-order valence-corrected chi connectivity index (χ4v) is 2.88. The van der Waals surface area contributed by atoms with Crippen LogP contribution < -0.4 is 5.32 Å². The zero-order valence-corrected chi connectivity index (χ0v) is 14.2. The summed E-state index contributed by atoms with van der Waals surface area (Å²) in [6.45, 7) is 3.36. The highest BCUT2D eigenvalue weighted by Crippen LogP contribution is 2.31. The van der Waals surface area contributed by atoms with Crippen molar-refractivity contribution in [3.63, 3.8) is 0 Å². The van der Waals surface area contributed by atoms with E-state index in [0.717, 1.165) is 23.9 Å². The predicted molar refractivity (Wildman–Crippen MR) is 89.1 cm³/mol. The third-order valence-electron chi connectivity index (χ3n) is 3.24. The number of nitriles is 1. The second-order valence-electron chi connectivity index (χ2n) is 5.25. The van der Waals surface area contributed by atoms with Crippen LogP contribution in [0.15, 0.2) is 41.4 Å². The first-order valence-electron chi connectivity index (χ1n) is 7.23. The first kappa shape index (κ1) is 18.8. The Morgan fingerprint density at radius 1 is 1.32 bits per heavy atom. The van der Waals surface area contributed by atoms with Crippen LogP contribution in [0.1, 0.15) is 23.7 Å². The Labute approximate surface area is 147 Å². The lowest BCUT2D eigenvalue weighted by atomic mass is 10.2. The summed E-state index contributed by atoms with van der Waals surface area (Å²) in [6.07, 6.45) is -4.48. The van der Waals surface area contributed by atoms with Gasteiger partial charge in [-0.25, -0.2) is 4.98 Å². The molecule has 0 aliphatic rings. The molecule has 0 aliphatic carbocycles. The number of hydrogen-bond donors (Lipinski definition) is 1. The number of anilines is 1. The highest BCUT2D eigenvalue weighted by Gasteiger charge is 2.30. The maximum absolute atomic E-state index is 12.7. The topological polar surface area (TPSA) is 65.8 Å². The maximum Gasteiger partial charge on any atom is 0.416 e. The van der Waals surface area contributed by atoms with E-state index >= 15 is 0 Å². The van der Waals surface area contributed by atoms with Gasteiger partial charge < -0.3 is 5.32 Å². The average molecular weight is 365 g/mol. The molecule has 1 atom stereocenters. The first-order valence-corrected chi connectivity index (χ1v) is 8.11. The summed E-state index contributed by atoms with van der Waals surface area (Å²) in [5.74, 6) is -0.475. The number of benzene rings is 1. The van der Waals surface area contributed by atoms with Crippen molar-refractivity contribution in [1.82, 2.24) is 4.98 Å². The number of carbonyl (C=O) groups excluding carboxylic acids is 1. The molecule has 0 bridgehead atoms. The molecule has 130 valence electrons. The Hall–Kier alpha value is -2.53. The van der Waals surface area contributed by atoms with Crippen molar-refractivity contribution in [2.75, 3.05) is 5.32 Å². The van der Waals surface area contributed by atoms with Crippen molar-refractivity contribution < 1.29 is 18.0 Å². The number of aromatic nitrogens is 1. The lowest BCUT2D eigenvalue weighted by Gasteiger charge is -2.14. The fraction of sp³-hybridized carbons (Fsp3) is 0.235. The third kappa shape index (κ3) is 4.97. The van der Waals surface area contributed by atoms with E-state index in [1.165, 1.54) is 12.1 Å². The van der Waals surface area contributed by atoms with Crippen LogP contribution in [0.4, 0.5) is 18.9 Å². The van der Waals surface area contributed by atoms with Gasteiger partial charge in [0, 0.05) is 11.4 Å². The largest absolute Gasteiger partial charge is 0.416 e. The van der Waals surface area contributed by atoms with Crippen molar-refractivity contribution in [1.29, 1.82) is 5.26 Å². The van der Waals surface area contributed by atoms with E-state index in [9.17, 15) is 18.0 Å². The summed E-state index contributed by atoms with van der Waals surface area (Å²) < 4.78 is 38.2. The molecule has 4 nitrogen and oxygen atoms in total. The standard InChI is InChI=1S/C17H14F3N3OS/c1-10-6-7-12(9-21)16(22-10)25-11(2)15(24)23-14-5-3-4-13(8-14)17(18,19)20/h3-8,11H,1-2H3,(H,23,24). The number of rotatable bonds is 4. The number of amides is 1. The van der Waals surface area contributed by atoms with E-state index < -0.39 is 22.9 Å². The van der Waals surface area contributed by atoms with Crippen molar-refractivity contribution in [3.05, 3.63) is 53.2 Å². The molecule has 1 unspecified atom stereocenters. The predicted octanol–water partition coefficient (Wildman–Crippen LogP) is 4.40. The van der Waals surface area contributed by atoms with Crippen LogP contribution in [-0.4, -0.2) is 16.1 Å². The smallest absolute Gasteiger partial charge is 0.325 e. The summed E-state index contributed by atoms with van der Waals surface area (Å²) >= 11 is 1.08. The molecule has 8 heteroatoms. The molecule has 1 aromatic heterocycles. The first-order chi connectivity index (χ1) is 11.7. The molecule has 0 radical (unpaired) electrons. The van der Waals surface area contributed by atoms with E-state index in [1.54, 1.807) is 26.0 Å². The molecule has 1 heterocycles. The Kier molecular flexibility index (Phi) is 5.69. The monoisotopic (exact) mass is 365 g/mol. The lowest BCUT2D eigenvalue weighted by Crippen LogP contribution is -2.23. The number of pyridine rings is 1. The summed E-state index contributed by atoms with van der Waals surface area (Å²) in [4.78, 5) is 16.5. The molecule has 25 heavy (non-hydrogen) atoms. The number of halogens is 3. The minimum atomic E-state index is -4.48. The van der Waals surface area contributed by atoms with Crippen LogP contribution in [0.5, 0.6) is 0 Å². The van der Waals surface area contributed by atoms with E-state index in [0.29, 0.717) is 16.3 Å². The van der Waals surface area contributed by atoms with Gasteiger partial charge >= 0.3 is 6.18 Å². The van der Waals surface area contributed by atoms with E-state index in [1.807, 2.05) is 6.07 Å². The maximum atomic E-state index is 12.7. The molecule has 0 aliphatic heterocycles. The second-order valence-corrected chi connectivity index (χ2v) is 6.57. The molecule has 1 amide bonds. The van der Waals surface area contributed by atoms with Gasteiger partial charge in [-0.15, -0.1) is 0 Å². The zero-order valence-electron chi connectivity index (χ0n) is 13.4. The van der Waals surface area contributed by atoms with Gasteiger partial charge in [0.25, 0.3) is 0 Å². The Morgan fingerprint density at radius 2 is 2.04 bits per heavy atom. The summed E-state index contributed by atoms with van der Waals surface area (Å²) in [6, 6.07) is 9.73. The molecule has 0 fully saturated rings. The van der Waals surface area contributed by atoms with Crippen molar-refractivity contribution >= 4 is 23.4 Å². The van der Waals surface area contributed by atoms with Gasteiger partial charge in [0.1, 0.15) is 11.1 Å². The highest BCUT2D eigenvalue weighted by molar-refractivity contribution is 8.00.